The van der Waals surface area contributed by atoms with Crippen LogP contribution < -0.4 is 4.90 Å². The van der Waals surface area contributed by atoms with Crippen LogP contribution in [-0.4, -0.2) is 47.4 Å². The fourth-order valence-corrected chi connectivity index (χ4v) is 3.56. The number of piperidine rings is 1. The lowest BCUT2D eigenvalue weighted by Gasteiger charge is -2.32. The number of carbonyl (C=O) groups is 3. The number of anilines is 1. The number of carboxylic acids is 1. The largest absolute Gasteiger partial charge is 0.481 e. The lowest BCUT2D eigenvalue weighted by Crippen LogP contribution is -2.45. The van der Waals surface area contributed by atoms with Gasteiger partial charge < -0.3 is 14.9 Å². The molecule has 0 saturated carbocycles. The zero-order chi connectivity index (χ0) is 18.1. The number of carbonyl (C=O) groups excluding carboxylic acids is 2. The van der Waals surface area contributed by atoms with Gasteiger partial charge in [0.1, 0.15) is 5.82 Å². The van der Waals surface area contributed by atoms with Crippen LogP contribution in [0.15, 0.2) is 18.2 Å². The first-order chi connectivity index (χ1) is 11.9. The smallest absolute Gasteiger partial charge is 0.308 e. The summed E-state index contributed by atoms with van der Waals surface area (Å²) in [6.07, 6.45) is 1.33. The third-order valence-corrected chi connectivity index (χ3v) is 5.01. The highest BCUT2D eigenvalue weighted by molar-refractivity contribution is 6.00. The molecule has 134 valence electrons. The Morgan fingerprint density at radius 1 is 1.24 bits per heavy atom. The Bertz CT molecular complexity index is 721. The molecular weight excluding hydrogens is 327 g/mol. The number of nitrogens with zero attached hydrogens (tertiary/aromatic N) is 2. The van der Waals surface area contributed by atoms with E-state index in [-0.39, 0.29) is 37.1 Å². The average molecular weight is 348 g/mol. The van der Waals surface area contributed by atoms with Crippen LogP contribution in [0, 0.1) is 24.6 Å². The first kappa shape index (κ1) is 17.4. The van der Waals surface area contributed by atoms with Crippen molar-refractivity contribution < 1.29 is 23.9 Å². The Hall–Kier alpha value is -2.44. The van der Waals surface area contributed by atoms with Crippen LogP contribution in [0.2, 0.25) is 0 Å². The maximum atomic E-state index is 13.4. The van der Waals surface area contributed by atoms with Crippen molar-refractivity contribution in [3.63, 3.8) is 0 Å². The summed E-state index contributed by atoms with van der Waals surface area (Å²) in [7, 11) is 0. The highest BCUT2D eigenvalue weighted by atomic mass is 19.1. The molecular formula is C18H21FN2O4. The molecule has 3 rings (SSSR count). The molecule has 0 spiro atoms. The summed E-state index contributed by atoms with van der Waals surface area (Å²) < 4.78 is 13.4. The number of aliphatic carboxylic acids is 1. The van der Waals surface area contributed by atoms with Crippen molar-refractivity contribution in [2.24, 2.45) is 11.8 Å². The standard InChI is InChI=1S/C18H21FN2O4/c1-11-7-14(4-5-15(11)19)21-10-13(8-16(21)22)17(23)20-6-2-3-12(9-20)18(24)25/h4-5,7,12-13H,2-3,6,8-10H2,1H3,(H,24,25). The third kappa shape index (κ3) is 3.50. The number of hydrogen-bond acceptors (Lipinski definition) is 3. The van der Waals surface area contributed by atoms with E-state index in [1.54, 1.807) is 17.9 Å². The molecule has 0 aliphatic carbocycles. The number of halogens is 1. The van der Waals surface area contributed by atoms with Crippen molar-refractivity contribution in [1.82, 2.24) is 4.90 Å². The van der Waals surface area contributed by atoms with Gasteiger partial charge >= 0.3 is 5.97 Å². The molecule has 6 nitrogen and oxygen atoms in total. The normalized spacial score (nSPS) is 23.8. The third-order valence-electron chi connectivity index (χ3n) is 5.01. The van der Waals surface area contributed by atoms with Gasteiger partial charge in [-0.05, 0) is 43.5 Å². The molecule has 7 heteroatoms. The highest BCUT2D eigenvalue weighted by Crippen LogP contribution is 2.29. The Morgan fingerprint density at radius 3 is 2.68 bits per heavy atom. The molecule has 25 heavy (non-hydrogen) atoms. The van der Waals surface area contributed by atoms with E-state index in [9.17, 15) is 18.8 Å². The SMILES string of the molecule is Cc1cc(N2CC(C(=O)N3CCCC(C(=O)O)C3)CC2=O)ccc1F. The van der Waals surface area contributed by atoms with E-state index in [1.165, 1.54) is 17.0 Å². The summed E-state index contributed by atoms with van der Waals surface area (Å²) >= 11 is 0. The van der Waals surface area contributed by atoms with Crippen molar-refractivity contribution in [3.05, 3.63) is 29.6 Å². The van der Waals surface area contributed by atoms with Crippen LogP contribution in [0.3, 0.4) is 0 Å². The quantitative estimate of drug-likeness (QED) is 0.904. The monoisotopic (exact) mass is 348 g/mol. The van der Waals surface area contributed by atoms with Gasteiger partial charge in [0.05, 0.1) is 11.8 Å². The molecule has 1 N–H and O–H groups in total. The van der Waals surface area contributed by atoms with Crippen LogP contribution in [0.1, 0.15) is 24.8 Å². The minimum absolute atomic E-state index is 0.101. The second kappa shape index (κ2) is 6.82. The van der Waals surface area contributed by atoms with E-state index in [4.69, 9.17) is 5.11 Å². The number of likely N-dealkylation sites (tertiary alicyclic amines) is 1. The second-order valence-electron chi connectivity index (χ2n) is 6.80. The second-order valence-corrected chi connectivity index (χ2v) is 6.80. The van der Waals surface area contributed by atoms with Gasteiger partial charge in [0.25, 0.3) is 0 Å². The lowest BCUT2D eigenvalue weighted by molar-refractivity contribution is -0.146. The Labute approximate surface area is 145 Å². The van der Waals surface area contributed by atoms with Crippen LogP contribution in [-0.2, 0) is 14.4 Å². The molecule has 2 fully saturated rings. The lowest BCUT2D eigenvalue weighted by atomic mass is 9.96. The molecule has 1 aromatic rings. The summed E-state index contributed by atoms with van der Waals surface area (Å²) in [4.78, 5) is 39.3. The van der Waals surface area contributed by atoms with Gasteiger partial charge in [-0.1, -0.05) is 0 Å². The topological polar surface area (TPSA) is 77.9 Å². The average Bonchev–Trinajstić information content (AvgIpc) is 2.98. The van der Waals surface area contributed by atoms with Gasteiger partial charge in [-0.25, -0.2) is 4.39 Å². The fraction of sp³-hybridized carbons (Fsp3) is 0.500. The molecule has 2 heterocycles. The molecule has 2 atom stereocenters. The summed E-state index contributed by atoms with van der Waals surface area (Å²) in [5.41, 5.74) is 1.03. The number of carboxylic acid groups (broad SMARTS) is 1. The Balaban J connectivity index is 1.70. The fourth-order valence-electron chi connectivity index (χ4n) is 3.56. The van der Waals surface area contributed by atoms with Crippen LogP contribution >= 0.6 is 0 Å². The van der Waals surface area contributed by atoms with Gasteiger partial charge in [0, 0.05) is 31.7 Å². The number of rotatable bonds is 3. The molecule has 2 aliphatic heterocycles. The van der Waals surface area contributed by atoms with Gasteiger partial charge in [0.15, 0.2) is 0 Å². The van der Waals surface area contributed by atoms with Crippen molar-refractivity contribution >= 4 is 23.5 Å². The zero-order valence-corrected chi connectivity index (χ0v) is 14.1. The highest BCUT2D eigenvalue weighted by Gasteiger charge is 2.39. The van der Waals surface area contributed by atoms with E-state index in [1.807, 2.05) is 0 Å². The van der Waals surface area contributed by atoms with Crippen molar-refractivity contribution in [2.45, 2.75) is 26.2 Å². The van der Waals surface area contributed by atoms with Crippen molar-refractivity contribution in [2.75, 3.05) is 24.5 Å². The number of hydrogen-bond donors (Lipinski definition) is 1. The van der Waals surface area contributed by atoms with Gasteiger partial charge in [0.2, 0.25) is 11.8 Å². The van der Waals surface area contributed by atoms with Crippen molar-refractivity contribution in [3.8, 4) is 0 Å². The summed E-state index contributed by atoms with van der Waals surface area (Å²) in [5, 5.41) is 9.15. The van der Waals surface area contributed by atoms with Crippen LogP contribution in [0.25, 0.3) is 0 Å². The molecule has 0 radical (unpaired) electrons. The Morgan fingerprint density at radius 2 is 2.00 bits per heavy atom. The van der Waals surface area contributed by atoms with E-state index in [2.05, 4.69) is 0 Å². The Kier molecular flexibility index (Phi) is 4.74. The summed E-state index contributed by atoms with van der Waals surface area (Å²) in [5.74, 6) is -2.58. The number of aryl methyl sites for hydroxylation is 1. The van der Waals surface area contributed by atoms with E-state index in [0.717, 1.165) is 0 Å². The number of amides is 2. The minimum atomic E-state index is -0.886. The molecule has 0 bridgehead atoms. The van der Waals surface area contributed by atoms with Gasteiger partial charge in [-0.2, -0.15) is 0 Å². The van der Waals surface area contributed by atoms with Crippen molar-refractivity contribution in [1.29, 1.82) is 0 Å². The summed E-state index contributed by atoms with van der Waals surface area (Å²) in [6.45, 7) is 2.61. The van der Waals surface area contributed by atoms with Crippen LogP contribution in [0.5, 0.6) is 0 Å². The van der Waals surface area contributed by atoms with Gasteiger partial charge in [-0.3, -0.25) is 14.4 Å². The molecule has 2 saturated heterocycles. The van der Waals surface area contributed by atoms with E-state index < -0.39 is 17.8 Å². The molecule has 2 unspecified atom stereocenters. The minimum Gasteiger partial charge on any atom is -0.481 e. The first-order valence-corrected chi connectivity index (χ1v) is 8.45. The molecule has 1 aromatic carbocycles. The van der Waals surface area contributed by atoms with Gasteiger partial charge in [-0.15, -0.1) is 0 Å². The molecule has 2 amide bonds. The van der Waals surface area contributed by atoms with E-state index in [0.29, 0.717) is 30.6 Å². The van der Waals surface area contributed by atoms with E-state index >= 15 is 0 Å². The maximum absolute atomic E-state index is 13.4. The predicted octanol–water partition coefficient (Wildman–Crippen LogP) is 1.81. The predicted molar refractivity (Wildman–Crippen MR) is 88.5 cm³/mol. The summed E-state index contributed by atoms with van der Waals surface area (Å²) in [6, 6.07) is 4.45. The molecule has 2 aliphatic rings. The number of benzene rings is 1. The van der Waals surface area contributed by atoms with Crippen LogP contribution in [0.4, 0.5) is 10.1 Å². The first-order valence-electron chi connectivity index (χ1n) is 8.45. The molecule has 0 aromatic heterocycles. The zero-order valence-electron chi connectivity index (χ0n) is 14.1. The maximum Gasteiger partial charge on any atom is 0.308 e.